The highest BCUT2D eigenvalue weighted by molar-refractivity contribution is 5.87. The highest BCUT2D eigenvalue weighted by atomic mass is 19.1. The minimum absolute atomic E-state index is 0.125. The van der Waals surface area contributed by atoms with Crippen molar-refractivity contribution in [3.8, 4) is 17.1 Å². The molecule has 104 valence electrons. The monoisotopic (exact) mass is 284 g/mol. The van der Waals surface area contributed by atoms with Crippen molar-refractivity contribution in [2.75, 3.05) is 0 Å². The first-order valence-electron chi connectivity index (χ1n) is 6.02. The summed E-state index contributed by atoms with van der Waals surface area (Å²) in [5.74, 6) is -1.15. The van der Waals surface area contributed by atoms with Crippen molar-refractivity contribution in [2.45, 2.75) is 0 Å². The van der Waals surface area contributed by atoms with Crippen molar-refractivity contribution < 1.29 is 14.3 Å². The van der Waals surface area contributed by atoms with Gasteiger partial charge < -0.3 is 5.11 Å². The second kappa shape index (κ2) is 5.12. The predicted molar refractivity (Wildman–Crippen MR) is 71.5 cm³/mol. The van der Waals surface area contributed by atoms with Gasteiger partial charge in [-0.25, -0.2) is 13.9 Å². The Morgan fingerprint density at radius 1 is 1.19 bits per heavy atom. The molecule has 2 heterocycles. The van der Waals surface area contributed by atoms with E-state index in [9.17, 15) is 9.18 Å². The van der Waals surface area contributed by atoms with Crippen LogP contribution in [-0.2, 0) is 0 Å². The first kappa shape index (κ1) is 12.9. The number of nitrogens with zero attached hydrogens (tertiary/aromatic N) is 4. The number of carboxylic acids is 1. The quantitative estimate of drug-likeness (QED) is 0.797. The number of carboxylic acid groups (broad SMARTS) is 1. The molecule has 1 N–H and O–H groups in total. The molecule has 21 heavy (non-hydrogen) atoms. The lowest BCUT2D eigenvalue weighted by molar-refractivity contribution is 0.0690. The Morgan fingerprint density at radius 3 is 2.57 bits per heavy atom. The van der Waals surface area contributed by atoms with E-state index < -0.39 is 5.97 Å². The van der Waals surface area contributed by atoms with Crippen molar-refractivity contribution in [3.63, 3.8) is 0 Å². The van der Waals surface area contributed by atoms with Crippen LogP contribution in [-0.4, -0.2) is 31.1 Å². The van der Waals surface area contributed by atoms with Crippen molar-refractivity contribution >= 4 is 5.97 Å². The zero-order valence-electron chi connectivity index (χ0n) is 10.6. The smallest absolute Gasteiger partial charge is 0.356 e. The Hall–Kier alpha value is -3.09. The largest absolute Gasteiger partial charge is 0.476 e. The van der Waals surface area contributed by atoms with Crippen LogP contribution in [0.5, 0.6) is 0 Å². The average Bonchev–Trinajstić information content (AvgIpc) is 2.94. The molecule has 0 aliphatic rings. The Kier molecular flexibility index (Phi) is 3.15. The average molecular weight is 284 g/mol. The number of halogens is 1. The Labute approximate surface area is 118 Å². The van der Waals surface area contributed by atoms with E-state index >= 15 is 0 Å². The van der Waals surface area contributed by atoms with Gasteiger partial charge in [-0.1, -0.05) is 0 Å². The van der Waals surface area contributed by atoms with Gasteiger partial charge in [0.1, 0.15) is 5.82 Å². The molecule has 7 heteroatoms. The third kappa shape index (κ3) is 2.48. The van der Waals surface area contributed by atoms with Crippen molar-refractivity contribution in [1.82, 2.24) is 20.0 Å². The summed E-state index contributed by atoms with van der Waals surface area (Å²) in [6.45, 7) is 0. The second-order valence-electron chi connectivity index (χ2n) is 4.22. The van der Waals surface area contributed by atoms with Gasteiger partial charge in [0, 0.05) is 11.8 Å². The molecule has 3 aromatic rings. The van der Waals surface area contributed by atoms with Gasteiger partial charge in [0.2, 0.25) is 0 Å². The van der Waals surface area contributed by atoms with Gasteiger partial charge in [0.15, 0.2) is 11.5 Å². The van der Waals surface area contributed by atoms with Crippen molar-refractivity contribution in [2.24, 2.45) is 0 Å². The molecule has 3 rings (SSSR count). The van der Waals surface area contributed by atoms with Crippen LogP contribution in [0, 0.1) is 5.82 Å². The number of hydrogen-bond acceptors (Lipinski definition) is 4. The van der Waals surface area contributed by atoms with Gasteiger partial charge in [0.25, 0.3) is 0 Å². The molecule has 0 aliphatic carbocycles. The fourth-order valence-corrected chi connectivity index (χ4v) is 1.89. The summed E-state index contributed by atoms with van der Waals surface area (Å²) in [4.78, 5) is 11.1. The zero-order valence-corrected chi connectivity index (χ0v) is 10.6. The maximum atomic E-state index is 13.0. The van der Waals surface area contributed by atoms with E-state index in [1.54, 1.807) is 24.3 Å². The minimum atomic E-state index is -1.15. The molecule has 0 aliphatic heterocycles. The molecule has 0 bridgehead atoms. The molecule has 0 saturated heterocycles. The minimum Gasteiger partial charge on any atom is -0.476 e. The van der Waals surface area contributed by atoms with Crippen LogP contribution in [0.1, 0.15) is 10.5 Å². The molecule has 0 spiro atoms. The summed E-state index contributed by atoms with van der Waals surface area (Å²) in [7, 11) is 0. The third-order valence-electron chi connectivity index (χ3n) is 2.84. The van der Waals surface area contributed by atoms with E-state index in [1.165, 1.54) is 29.1 Å². The lowest BCUT2D eigenvalue weighted by atomic mass is 10.1. The highest BCUT2D eigenvalue weighted by Gasteiger charge is 2.16. The van der Waals surface area contributed by atoms with Crippen LogP contribution >= 0.6 is 0 Å². The molecule has 0 amide bonds. The topological polar surface area (TPSA) is 80.9 Å². The normalized spacial score (nSPS) is 10.5. The van der Waals surface area contributed by atoms with E-state index in [4.69, 9.17) is 5.11 Å². The predicted octanol–water partition coefficient (Wildman–Crippen LogP) is 2.17. The summed E-state index contributed by atoms with van der Waals surface area (Å²) >= 11 is 0. The number of hydrogen-bond donors (Lipinski definition) is 1. The highest BCUT2D eigenvalue weighted by Crippen LogP contribution is 2.23. The molecule has 0 saturated carbocycles. The number of rotatable bonds is 3. The lowest BCUT2D eigenvalue weighted by Gasteiger charge is -2.05. The molecule has 0 atom stereocenters. The van der Waals surface area contributed by atoms with Gasteiger partial charge in [-0.2, -0.15) is 10.2 Å². The molecular formula is C14H9FN4O2. The summed E-state index contributed by atoms with van der Waals surface area (Å²) in [5.41, 5.74) is 0.995. The zero-order chi connectivity index (χ0) is 14.8. The molecule has 0 fully saturated rings. The van der Waals surface area contributed by atoms with Crippen LogP contribution in [0.4, 0.5) is 4.39 Å². The van der Waals surface area contributed by atoms with Crippen LogP contribution in [0.25, 0.3) is 17.1 Å². The first-order chi connectivity index (χ1) is 10.1. The van der Waals surface area contributed by atoms with Gasteiger partial charge in [-0.3, -0.25) is 0 Å². The number of carbonyl (C=O) groups is 1. The third-order valence-corrected chi connectivity index (χ3v) is 2.84. The van der Waals surface area contributed by atoms with Gasteiger partial charge in [0.05, 0.1) is 5.69 Å². The van der Waals surface area contributed by atoms with Crippen LogP contribution in [0.15, 0.2) is 48.7 Å². The molecule has 0 radical (unpaired) electrons. The lowest BCUT2D eigenvalue weighted by Crippen LogP contribution is -2.04. The maximum Gasteiger partial charge on any atom is 0.356 e. The van der Waals surface area contributed by atoms with E-state index in [0.29, 0.717) is 17.1 Å². The summed E-state index contributed by atoms with van der Waals surface area (Å²) in [5, 5.41) is 20.7. The molecule has 6 nitrogen and oxygen atoms in total. The SMILES string of the molecule is O=C(O)c1cc(-c2ccc(F)cc2)n(-c2cccnn2)n1. The van der Waals surface area contributed by atoms with Crippen LogP contribution in [0.3, 0.4) is 0 Å². The maximum absolute atomic E-state index is 13.0. The summed E-state index contributed by atoms with van der Waals surface area (Å²) in [6, 6.07) is 10.4. The Balaban J connectivity index is 2.19. The molecule has 0 unspecified atom stereocenters. The van der Waals surface area contributed by atoms with E-state index in [0.717, 1.165) is 0 Å². The molecule has 1 aromatic carbocycles. The van der Waals surface area contributed by atoms with Crippen LogP contribution in [0.2, 0.25) is 0 Å². The number of benzene rings is 1. The summed E-state index contributed by atoms with van der Waals surface area (Å²) in [6.07, 6.45) is 1.50. The fourth-order valence-electron chi connectivity index (χ4n) is 1.89. The summed E-state index contributed by atoms with van der Waals surface area (Å²) < 4.78 is 14.4. The van der Waals surface area contributed by atoms with E-state index in [-0.39, 0.29) is 11.5 Å². The fraction of sp³-hybridized carbons (Fsp3) is 0. The van der Waals surface area contributed by atoms with Crippen molar-refractivity contribution in [1.29, 1.82) is 0 Å². The van der Waals surface area contributed by atoms with Gasteiger partial charge in [-0.05, 0) is 42.5 Å². The Morgan fingerprint density at radius 2 is 1.95 bits per heavy atom. The van der Waals surface area contributed by atoms with Crippen molar-refractivity contribution in [3.05, 3.63) is 60.2 Å². The number of aromatic carboxylic acids is 1. The van der Waals surface area contributed by atoms with E-state index in [1.807, 2.05) is 0 Å². The van der Waals surface area contributed by atoms with Gasteiger partial charge in [-0.15, -0.1) is 5.10 Å². The Bertz CT molecular complexity index is 784. The first-order valence-corrected chi connectivity index (χ1v) is 6.02. The molecular weight excluding hydrogens is 275 g/mol. The molecule has 2 aromatic heterocycles. The van der Waals surface area contributed by atoms with Crippen LogP contribution < -0.4 is 0 Å². The van der Waals surface area contributed by atoms with Gasteiger partial charge >= 0.3 is 5.97 Å². The second-order valence-corrected chi connectivity index (χ2v) is 4.22. The standard InChI is InChI=1S/C14H9FN4O2/c15-10-5-3-9(4-6-10)12-8-11(14(20)21)18-19(12)13-2-1-7-16-17-13/h1-8H,(H,20,21). The van der Waals surface area contributed by atoms with E-state index in [2.05, 4.69) is 15.3 Å². The number of aromatic nitrogens is 4.